The molecule has 1 aliphatic rings. The quantitative estimate of drug-likeness (QED) is 0.789. The van der Waals surface area contributed by atoms with Crippen molar-refractivity contribution in [2.24, 2.45) is 5.92 Å². The van der Waals surface area contributed by atoms with E-state index in [2.05, 4.69) is 4.98 Å². The fourth-order valence-corrected chi connectivity index (χ4v) is 1.99. The molecule has 1 unspecified atom stereocenters. The van der Waals surface area contributed by atoms with E-state index in [0.29, 0.717) is 13.0 Å². The third-order valence-electron chi connectivity index (χ3n) is 3.27. The first-order chi connectivity index (χ1) is 7.58. The molecule has 0 amide bonds. The second kappa shape index (κ2) is 4.49. The van der Waals surface area contributed by atoms with Gasteiger partial charge < -0.3 is 4.57 Å². The first-order valence-corrected chi connectivity index (χ1v) is 5.64. The van der Waals surface area contributed by atoms with Crippen LogP contribution in [-0.4, -0.2) is 40.0 Å². The molecule has 1 aromatic rings. The Balaban J connectivity index is 1.83. The lowest BCUT2D eigenvalue weighted by molar-refractivity contribution is -0.105. The highest BCUT2D eigenvalue weighted by Gasteiger charge is 2.41. The van der Waals surface area contributed by atoms with Gasteiger partial charge in [-0.3, -0.25) is 4.90 Å². The van der Waals surface area contributed by atoms with Crippen LogP contribution >= 0.6 is 0 Å². The predicted molar refractivity (Wildman–Crippen MR) is 57.4 cm³/mol. The van der Waals surface area contributed by atoms with Gasteiger partial charge in [-0.1, -0.05) is 6.92 Å². The van der Waals surface area contributed by atoms with E-state index in [9.17, 15) is 8.78 Å². The molecule has 0 aliphatic carbocycles. The van der Waals surface area contributed by atoms with Gasteiger partial charge in [0.05, 0.1) is 12.9 Å². The number of halogens is 2. The summed E-state index contributed by atoms with van der Waals surface area (Å²) in [5.74, 6) is -3.02. The highest BCUT2D eigenvalue weighted by Crippen LogP contribution is 2.32. The summed E-state index contributed by atoms with van der Waals surface area (Å²) < 4.78 is 28.8. The third-order valence-corrected chi connectivity index (χ3v) is 3.27. The lowest BCUT2D eigenvalue weighted by atomic mass is 9.95. The number of imidazole rings is 1. The lowest BCUT2D eigenvalue weighted by Gasteiger charge is -2.36. The van der Waals surface area contributed by atoms with Gasteiger partial charge in [-0.15, -0.1) is 0 Å². The van der Waals surface area contributed by atoms with Gasteiger partial charge in [0.1, 0.15) is 0 Å². The SMILES string of the molecule is CC1CCN(CCn2ccnc2)CC1(F)F. The van der Waals surface area contributed by atoms with Crippen LogP contribution in [0.25, 0.3) is 0 Å². The number of aromatic nitrogens is 2. The Hall–Kier alpha value is -0.970. The summed E-state index contributed by atoms with van der Waals surface area (Å²) in [5.41, 5.74) is 0. The topological polar surface area (TPSA) is 21.1 Å². The maximum absolute atomic E-state index is 13.5. The summed E-state index contributed by atoms with van der Waals surface area (Å²) in [6.45, 7) is 3.69. The van der Waals surface area contributed by atoms with Gasteiger partial charge in [-0.2, -0.15) is 0 Å². The molecule has 1 atom stereocenters. The third kappa shape index (κ3) is 2.58. The normalized spacial score (nSPS) is 25.8. The molecule has 2 rings (SSSR count). The molecular weight excluding hydrogens is 212 g/mol. The minimum atomic E-state index is -2.53. The molecule has 1 aromatic heterocycles. The molecule has 3 nitrogen and oxygen atoms in total. The Morgan fingerprint density at radius 2 is 2.25 bits per heavy atom. The summed E-state index contributed by atoms with van der Waals surface area (Å²) in [5, 5.41) is 0. The highest BCUT2D eigenvalue weighted by atomic mass is 19.3. The summed E-state index contributed by atoms with van der Waals surface area (Å²) in [6.07, 6.45) is 5.85. The number of hydrogen-bond acceptors (Lipinski definition) is 2. The van der Waals surface area contributed by atoms with Crippen molar-refractivity contribution in [3.8, 4) is 0 Å². The summed E-state index contributed by atoms with van der Waals surface area (Å²) in [7, 11) is 0. The number of nitrogens with zero attached hydrogens (tertiary/aromatic N) is 3. The van der Waals surface area contributed by atoms with Crippen molar-refractivity contribution in [3.63, 3.8) is 0 Å². The molecule has 16 heavy (non-hydrogen) atoms. The molecule has 0 spiro atoms. The van der Waals surface area contributed by atoms with E-state index >= 15 is 0 Å². The highest BCUT2D eigenvalue weighted by molar-refractivity contribution is 4.84. The second-order valence-electron chi connectivity index (χ2n) is 4.53. The van der Waals surface area contributed by atoms with Gasteiger partial charge in [0, 0.05) is 31.4 Å². The Labute approximate surface area is 94.1 Å². The van der Waals surface area contributed by atoms with Crippen LogP contribution in [-0.2, 0) is 6.54 Å². The van der Waals surface area contributed by atoms with Crippen molar-refractivity contribution < 1.29 is 8.78 Å². The molecule has 90 valence electrons. The van der Waals surface area contributed by atoms with E-state index in [4.69, 9.17) is 0 Å². The molecule has 0 saturated carbocycles. The maximum atomic E-state index is 13.5. The van der Waals surface area contributed by atoms with Crippen LogP contribution in [0.15, 0.2) is 18.7 Å². The van der Waals surface area contributed by atoms with E-state index in [1.54, 1.807) is 19.4 Å². The summed E-state index contributed by atoms with van der Waals surface area (Å²) in [4.78, 5) is 5.76. The number of hydrogen-bond donors (Lipinski definition) is 0. The summed E-state index contributed by atoms with van der Waals surface area (Å²) in [6, 6.07) is 0. The smallest absolute Gasteiger partial charge is 0.263 e. The van der Waals surface area contributed by atoms with Crippen molar-refractivity contribution in [3.05, 3.63) is 18.7 Å². The molecule has 0 N–H and O–H groups in total. The van der Waals surface area contributed by atoms with Gasteiger partial charge in [0.25, 0.3) is 5.92 Å². The van der Waals surface area contributed by atoms with Gasteiger partial charge in [-0.25, -0.2) is 13.8 Å². The van der Waals surface area contributed by atoms with Crippen LogP contribution in [0.5, 0.6) is 0 Å². The van der Waals surface area contributed by atoms with E-state index in [-0.39, 0.29) is 6.54 Å². The van der Waals surface area contributed by atoms with Crippen LogP contribution in [0.4, 0.5) is 8.78 Å². The van der Waals surface area contributed by atoms with Crippen LogP contribution in [0.2, 0.25) is 0 Å². The summed E-state index contributed by atoms with van der Waals surface area (Å²) >= 11 is 0. The first kappa shape index (κ1) is 11.5. The standard InChI is InChI=1S/C11H17F2N3/c1-10-2-4-15(8-11(10,12)13)6-7-16-5-3-14-9-16/h3,5,9-10H,2,4,6-8H2,1H3. The van der Waals surface area contributed by atoms with Gasteiger partial charge in [0.2, 0.25) is 0 Å². The average molecular weight is 229 g/mol. The average Bonchev–Trinajstić information content (AvgIpc) is 2.72. The van der Waals surface area contributed by atoms with Crippen LogP contribution < -0.4 is 0 Å². The molecular formula is C11H17F2N3. The van der Waals surface area contributed by atoms with E-state index in [1.165, 1.54) is 0 Å². The zero-order chi connectivity index (χ0) is 11.6. The molecule has 1 fully saturated rings. The van der Waals surface area contributed by atoms with Gasteiger partial charge in [0.15, 0.2) is 0 Å². The molecule has 0 bridgehead atoms. The van der Waals surface area contributed by atoms with E-state index < -0.39 is 11.8 Å². The van der Waals surface area contributed by atoms with Crippen molar-refractivity contribution in [1.82, 2.24) is 14.5 Å². The Kier molecular flexibility index (Phi) is 3.23. The molecule has 1 saturated heterocycles. The monoisotopic (exact) mass is 229 g/mol. The van der Waals surface area contributed by atoms with Crippen LogP contribution in [0, 0.1) is 5.92 Å². The zero-order valence-electron chi connectivity index (χ0n) is 9.44. The van der Waals surface area contributed by atoms with Crippen molar-refractivity contribution >= 4 is 0 Å². The fourth-order valence-electron chi connectivity index (χ4n) is 1.99. The van der Waals surface area contributed by atoms with Gasteiger partial charge >= 0.3 is 0 Å². The zero-order valence-corrected chi connectivity index (χ0v) is 9.44. The van der Waals surface area contributed by atoms with E-state index in [1.807, 2.05) is 15.7 Å². The minimum Gasteiger partial charge on any atom is -0.336 e. The lowest BCUT2D eigenvalue weighted by Crippen LogP contribution is -2.48. The predicted octanol–water partition coefficient (Wildman–Crippen LogP) is 1.86. The van der Waals surface area contributed by atoms with Crippen molar-refractivity contribution in [1.29, 1.82) is 0 Å². The molecule has 2 heterocycles. The molecule has 1 aliphatic heterocycles. The number of alkyl halides is 2. The Morgan fingerprint density at radius 1 is 1.44 bits per heavy atom. The maximum Gasteiger partial charge on any atom is 0.263 e. The van der Waals surface area contributed by atoms with Gasteiger partial charge in [-0.05, 0) is 13.0 Å². The second-order valence-corrected chi connectivity index (χ2v) is 4.53. The molecule has 0 aromatic carbocycles. The van der Waals surface area contributed by atoms with Crippen molar-refractivity contribution in [2.45, 2.75) is 25.8 Å². The molecule has 0 radical (unpaired) electrons. The van der Waals surface area contributed by atoms with E-state index in [0.717, 1.165) is 13.1 Å². The minimum absolute atomic E-state index is 0.108. The Bertz CT molecular complexity index is 324. The van der Waals surface area contributed by atoms with Crippen LogP contribution in [0.3, 0.4) is 0 Å². The first-order valence-electron chi connectivity index (χ1n) is 5.64. The number of rotatable bonds is 3. The van der Waals surface area contributed by atoms with Crippen molar-refractivity contribution in [2.75, 3.05) is 19.6 Å². The fraction of sp³-hybridized carbons (Fsp3) is 0.727. The molecule has 5 heteroatoms. The Morgan fingerprint density at radius 3 is 2.88 bits per heavy atom. The van der Waals surface area contributed by atoms with Crippen LogP contribution in [0.1, 0.15) is 13.3 Å². The number of piperidine rings is 1. The largest absolute Gasteiger partial charge is 0.336 e. The number of likely N-dealkylation sites (tertiary alicyclic amines) is 1.